The van der Waals surface area contributed by atoms with Crippen LogP contribution in [-0.4, -0.2) is 5.78 Å². The lowest BCUT2D eigenvalue weighted by atomic mass is 9.88. The minimum atomic E-state index is 0.166. The Morgan fingerprint density at radius 3 is 2.38 bits per heavy atom. The molecule has 0 heterocycles. The van der Waals surface area contributed by atoms with Crippen LogP contribution in [-0.2, 0) is 4.79 Å². The third kappa shape index (κ3) is 2.94. The molecule has 2 rings (SSSR count). The summed E-state index contributed by atoms with van der Waals surface area (Å²) >= 11 is 0. The van der Waals surface area contributed by atoms with Crippen molar-refractivity contribution >= 4 is 5.78 Å². The SMILES string of the molecule is O=C1CCCCCCCC1c1ccccc1. The zero-order valence-corrected chi connectivity index (χ0v) is 9.82. The fraction of sp³-hybridized carbons (Fsp3) is 0.533. The average molecular weight is 216 g/mol. The van der Waals surface area contributed by atoms with E-state index < -0.39 is 0 Å². The minimum Gasteiger partial charge on any atom is -0.299 e. The maximum atomic E-state index is 12.1. The molecule has 0 saturated heterocycles. The highest BCUT2D eigenvalue weighted by molar-refractivity contribution is 5.85. The van der Waals surface area contributed by atoms with Crippen molar-refractivity contribution in [3.63, 3.8) is 0 Å². The van der Waals surface area contributed by atoms with Gasteiger partial charge in [0.2, 0.25) is 0 Å². The van der Waals surface area contributed by atoms with Crippen LogP contribution in [0.2, 0.25) is 0 Å². The highest BCUT2D eigenvalue weighted by Gasteiger charge is 2.20. The molecule has 86 valence electrons. The fourth-order valence-electron chi connectivity index (χ4n) is 2.55. The van der Waals surface area contributed by atoms with E-state index >= 15 is 0 Å². The Labute approximate surface area is 97.9 Å². The summed E-state index contributed by atoms with van der Waals surface area (Å²) in [5.41, 5.74) is 1.22. The lowest BCUT2D eigenvalue weighted by Crippen LogP contribution is -2.11. The van der Waals surface area contributed by atoms with E-state index in [1.807, 2.05) is 18.2 Å². The number of benzene rings is 1. The number of carbonyl (C=O) groups excluding carboxylic acids is 1. The summed E-state index contributed by atoms with van der Waals surface area (Å²) in [5.74, 6) is 0.618. The smallest absolute Gasteiger partial charge is 0.140 e. The molecule has 1 unspecified atom stereocenters. The molecular weight excluding hydrogens is 196 g/mol. The van der Waals surface area contributed by atoms with Gasteiger partial charge in [0.15, 0.2) is 0 Å². The molecule has 1 aromatic carbocycles. The lowest BCUT2D eigenvalue weighted by Gasteiger charge is -2.14. The zero-order valence-electron chi connectivity index (χ0n) is 9.82. The molecule has 0 amide bonds. The topological polar surface area (TPSA) is 17.1 Å². The molecule has 1 heteroatoms. The van der Waals surface area contributed by atoms with E-state index in [9.17, 15) is 4.79 Å². The summed E-state index contributed by atoms with van der Waals surface area (Å²) in [5, 5.41) is 0. The van der Waals surface area contributed by atoms with Gasteiger partial charge in [-0.2, -0.15) is 0 Å². The van der Waals surface area contributed by atoms with Gasteiger partial charge in [-0.25, -0.2) is 0 Å². The molecule has 0 aromatic heterocycles. The lowest BCUT2D eigenvalue weighted by molar-refractivity contribution is -0.120. The van der Waals surface area contributed by atoms with Gasteiger partial charge in [0.1, 0.15) is 5.78 Å². The molecule has 0 aliphatic heterocycles. The third-order valence-corrected chi connectivity index (χ3v) is 3.51. The summed E-state index contributed by atoms with van der Waals surface area (Å²) in [7, 11) is 0. The van der Waals surface area contributed by atoms with Crippen molar-refractivity contribution < 1.29 is 4.79 Å². The Kier molecular flexibility index (Phi) is 4.15. The highest BCUT2D eigenvalue weighted by atomic mass is 16.1. The molecule has 0 radical (unpaired) electrons. The van der Waals surface area contributed by atoms with Gasteiger partial charge in [-0.3, -0.25) is 4.79 Å². The summed E-state index contributed by atoms with van der Waals surface area (Å²) in [4.78, 5) is 12.1. The van der Waals surface area contributed by atoms with Crippen LogP contribution >= 0.6 is 0 Å². The van der Waals surface area contributed by atoms with E-state index in [-0.39, 0.29) is 5.92 Å². The quantitative estimate of drug-likeness (QED) is 0.691. The van der Waals surface area contributed by atoms with E-state index in [4.69, 9.17) is 0 Å². The average Bonchev–Trinajstić information content (AvgIpc) is 2.43. The second-order valence-corrected chi connectivity index (χ2v) is 4.74. The van der Waals surface area contributed by atoms with Crippen LogP contribution in [0.25, 0.3) is 0 Å². The van der Waals surface area contributed by atoms with Crippen LogP contribution in [0.1, 0.15) is 56.4 Å². The van der Waals surface area contributed by atoms with E-state index in [0.717, 1.165) is 19.3 Å². The summed E-state index contributed by atoms with van der Waals surface area (Å²) in [6.45, 7) is 0. The van der Waals surface area contributed by atoms with Crippen molar-refractivity contribution in [3.8, 4) is 0 Å². The van der Waals surface area contributed by atoms with Crippen LogP contribution < -0.4 is 0 Å². The van der Waals surface area contributed by atoms with Gasteiger partial charge in [-0.05, 0) is 18.4 Å². The third-order valence-electron chi connectivity index (χ3n) is 3.51. The molecule has 1 fully saturated rings. The van der Waals surface area contributed by atoms with Crippen molar-refractivity contribution in [2.45, 2.75) is 50.9 Å². The van der Waals surface area contributed by atoms with Crippen molar-refractivity contribution in [1.82, 2.24) is 0 Å². The molecule has 0 bridgehead atoms. The first-order valence-electron chi connectivity index (χ1n) is 6.45. The molecule has 1 aromatic rings. The number of hydrogen-bond acceptors (Lipinski definition) is 1. The largest absolute Gasteiger partial charge is 0.299 e. The second kappa shape index (κ2) is 5.83. The Bertz CT molecular complexity index is 329. The first kappa shape index (κ1) is 11.4. The standard InChI is InChI=1S/C15H20O/c16-15-12-8-3-1-2-7-11-14(15)13-9-5-4-6-10-13/h4-6,9-10,14H,1-3,7-8,11-12H2. The first-order valence-corrected chi connectivity index (χ1v) is 6.45. The number of ketones is 1. The molecule has 16 heavy (non-hydrogen) atoms. The zero-order chi connectivity index (χ0) is 11.2. The van der Waals surface area contributed by atoms with Gasteiger partial charge in [-0.15, -0.1) is 0 Å². The van der Waals surface area contributed by atoms with Gasteiger partial charge < -0.3 is 0 Å². The summed E-state index contributed by atoms with van der Waals surface area (Å²) in [6, 6.07) is 10.3. The molecule has 1 aliphatic rings. The van der Waals surface area contributed by atoms with Gasteiger partial charge in [0.05, 0.1) is 0 Å². The molecule has 1 atom stereocenters. The molecule has 0 N–H and O–H groups in total. The van der Waals surface area contributed by atoms with Crippen LogP contribution in [0.4, 0.5) is 0 Å². The first-order chi connectivity index (χ1) is 7.88. The van der Waals surface area contributed by atoms with Crippen LogP contribution in [0.15, 0.2) is 30.3 Å². The van der Waals surface area contributed by atoms with E-state index in [1.165, 1.54) is 31.2 Å². The van der Waals surface area contributed by atoms with Crippen LogP contribution in [0.5, 0.6) is 0 Å². The predicted molar refractivity (Wildman–Crippen MR) is 66.5 cm³/mol. The Hall–Kier alpha value is -1.11. The molecular formula is C15H20O. The Balaban J connectivity index is 2.12. The maximum Gasteiger partial charge on any atom is 0.140 e. The Morgan fingerprint density at radius 2 is 1.56 bits per heavy atom. The van der Waals surface area contributed by atoms with Crippen molar-refractivity contribution in [2.75, 3.05) is 0 Å². The number of hydrogen-bond donors (Lipinski definition) is 0. The van der Waals surface area contributed by atoms with Gasteiger partial charge in [-0.1, -0.05) is 56.0 Å². The molecule has 1 nitrogen and oxygen atoms in total. The molecule has 1 saturated carbocycles. The van der Waals surface area contributed by atoms with Crippen molar-refractivity contribution in [2.24, 2.45) is 0 Å². The number of carbonyl (C=O) groups is 1. The van der Waals surface area contributed by atoms with E-state index in [0.29, 0.717) is 5.78 Å². The highest BCUT2D eigenvalue weighted by Crippen LogP contribution is 2.27. The monoisotopic (exact) mass is 216 g/mol. The van der Waals surface area contributed by atoms with Crippen LogP contribution in [0.3, 0.4) is 0 Å². The van der Waals surface area contributed by atoms with Gasteiger partial charge in [0, 0.05) is 12.3 Å². The maximum absolute atomic E-state index is 12.1. The number of Topliss-reactive ketones (excluding diaryl/α,β-unsaturated/α-hetero) is 1. The number of rotatable bonds is 1. The molecule has 1 aliphatic carbocycles. The summed E-state index contributed by atoms with van der Waals surface area (Å²) in [6.07, 6.45) is 7.93. The predicted octanol–water partition coefficient (Wildman–Crippen LogP) is 4.08. The van der Waals surface area contributed by atoms with E-state index in [2.05, 4.69) is 12.1 Å². The van der Waals surface area contributed by atoms with Gasteiger partial charge >= 0.3 is 0 Å². The fourth-order valence-corrected chi connectivity index (χ4v) is 2.55. The van der Waals surface area contributed by atoms with Crippen molar-refractivity contribution in [1.29, 1.82) is 0 Å². The Morgan fingerprint density at radius 1 is 0.875 bits per heavy atom. The minimum absolute atomic E-state index is 0.166. The second-order valence-electron chi connectivity index (χ2n) is 4.74. The van der Waals surface area contributed by atoms with Gasteiger partial charge in [0.25, 0.3) is 0 Å². The summed E-state index contributed by atoms with van der Waals surface area (Å²) < 4.78 is 0. The molecule has 0 spiro atoms. The van der Waals surface area contributed by atoms with E-state index in [1.54, 1.807) is 0 Å². The van der Waals surface area contributed by atoms with Crippen LogP contribution in [0, 0.1) is 0 Å². The van der Waals surface area contributed by atoms with Crippen molar-refractivity contribution in [3.05, 3.63) is 35.9 Å². The normalized spacial score (nSPS) is 23.2.